The second-order valence-electron chi connectivity index (χ2n) is 7.88. The highest BCUT2D eigenvalue weighted by atomic mass is 19.4. The number of benzene rings is 1. The highest BCUT2D eigenvalue weighted by Crippen LogP contribution is 2.43. The third-order valence-corrected chi connectivity index (χ3v) is 5.69. The average Bonchev–Trinajstić information content (AvgIpc) is 3.25. The third kappa shape index (κ3) is 4.53. The molecule has 33 heavy (non-hydrogen) atoms. The Morgan fingerprint density at radius 2 is 2.00 bits per heavy atom. The topological polar surface area (TPSA) is 77.8 Å². The summed E-state index contributed by atoms with van der Waals surface area (Å²) in [6.07, 6.45) is -2.71. The molecule has 1 aromatic carbocycles. The molecule has 4 rings (SSSR count). The fourth-order valence-electron chi connectivity index (χ4n) is 4.19. The zero-order valence-electron chi connectivity index (χ0n) is 18.0. The smallest absolute Gasteiger partial charge is 0.416 e. The molecule has 0 fully saturated rings. The van der Waals surface area contributed by atoms with Gasteiger partial charge in [-0.3, -0.25) is 4.79 Å². The van der Waals surface area contributed by atoms with Crippen molar-refractivity contribution < 1.29 is 36.7 Å². The highest BCUT2D eigenvalue weighted by Gasteiger charge is 2.40. The summed E-state index contributed by atoms with van der Waals surface area (Å²) < 4.78 is 55.1. The molecule has 1 aliphatic heterocycles. The summed E-state index contributed by atoms with van der Waals surface area (Å²) >= 11 is 0. The van der Waals surface area contributed by atoms with Gasteiger partial charge in [-0.2, -0.15) is 13.2 Å². The van der Waals surface area contributed by atoms with E-state index < -0.39 is 23.6 Å². The van der Waals surface area contributed by atoms with Crippen LogP contribution >= 0.6 is 0 Å². The van der Waals surface area contributed by atoms with Gasteiger partial charge < -0.3 is 19.2 Å². The first-order valence-electron chi connectivity index (χ1n) is 10.4. The van der Waals surface area contributed by atoms with E-state index in [2.05, 4.69) is 5.32 Å². The van der Waals surface area contributed by atoms with Crippen LogP contribution in [0.5, 0.6) is 5.75 Å². The molecule has 2 aliphatic rings. The Bertz CT molecular complexity index is 1160. The van der Waals surface area contributed by atoms with Gasteiger partial charge in [-0.15, -0.1) is 0 Å². The standard InChI is InChI=1S/C24H22F3NO5/c1-13-20(23(30)31-2)22(21-17(28-13)7-4-8-18(21)29)19-10-9-16(33-19)12-32-15-6-3-5-14(11-15)24(25,26)27/h3,5-6,9-11,22,28H,4,7-8,12H2,1-2H3/t22-/m0/s1. The van der Waals surface area contributed by atoms with Crippen LogP contribution in [0.1, 0.15) is 49.2 Å². The Labute approximate surface area is 188 Å². The van der Waals surface area contributed by atoms with Crippen LogP contribution < -0.4 is 10.1 Å². The molecule has 1 aliphatic carbocycles. The lowest BCUT2D eigenvalue weighted by molar-refractivity contribution is -0.138. The molecular formula is C24H22F3NO5. The first-order chi connectivity index (χ1) is 15.7. The van der Waals surface area contributed by atoms with Crippen molar-refractivity contribution in [1.82, 2.24) is 5.32 Å². The molecule has 0 spiro atoms. The number of Topliss-reactive ketones (excluding diaryl/α,β-unsaturated/α-hetero) is 1. The van der Waals surface area contributed by atoms with Gasteiger partial charge >= 0.3 is 12.1 Å². The molecule has 1 N–H and O–H groups in total. The summed E-state index contributed by atoms with van der Waals surface area (Å²) in [4.78, 5) is 25.3. The molecule has 9 heteroatoms. The molecule has 1 aromatic heterocycles. The maximum absolute atomic E-state index is 12.9. The van der Waals surface area contributed by atoms with E-state index in [9.17, 15) is 22.8 Å². The van der Waals surface area contributed by atoms with Crippen molar-refractivity contribution in [3.8, 4) is 5.75 Å². The van der Waals surface area contributed by atoms with Gasteiger partial charge in [0.25, 0.3) is 0 Å². The number of carbonyl (C=O) groups is 2. The number of hydrogen-bond donors (Lipinski definition) is 1. The highest BCUT2D eigenvalue weighted by molar-refractivity contribution is 6.03. The van der Waals surface area contributed by atoms with E-state index in [1.807, 2.05) is 0 Å². The molecular weight excluding hydrogens is 439 g/mol. The van der Waals surface area contributed by atoms with Crippen LogP contribution in [0.2, 0.25) is 0 Å². The number of hydrogen-bond acceptors (Lipinski definition) is 6. The van der Waals surface area contributed by atoms with Crippen molar-refractivity contribution in [1.29, 1.82) is 0 Å². The fourth-order valence-corrected chi connectivity index (χ4v) is 4.19. The Balaban J connectivity index is 1.61. The Morgan fingerprint density at radius 3 is 2.73 bits per heavy atom. The van der Waals surface area contributed by atoms with Gasteiger partial charge in [0.05, 0.1) is 24.2 Å². The van der Waals surface area contributed by atoms with Gasteiger partial charge in [-0.1, -0.05) is 6.07 Å². The summed E-state index contributed by atoms with van der Waals surface area (Å²) in [6.45, 7) is 1.62. The van der Waals surface area contributed by atoms with Gasteiger partial charge in [-0.25, -0.2) is 4.79 Å². The van der Waals surface area contributed by atoms with E-state index in [4.69, 9.17) is 13.9 Å². The van der Waals surface area contributed by atoms with E-state index in [0.717, 1.165) is 17.8 Å². The molecule has 174 valence electrons. The number of carbonyl (C=O) groups excluding carboxylic acids is 2. The lowest BCUT2D eigenvalue weighted by Crippen LogP contribution is -2.34. The largest absolute Gasteiger partial charge is 0.486 e. The van der Waals surface area contributed by atoms with Crippen LogP contribution in [0, 0.1) is 0 Å². The van der Waals surface area contributed by atoms with Crippen molar-refractivity contribution in [2.45, 2.75) is 44.9 Å². The van der Waals surface area contributed by atoms with Crippen LogP contribution in [0.15, 0.2) is 63.4 Å². The first-order valence-corrected chi connectivity index (χ1v) is 10.4. The average molecular weight is 461 g/mol. The molecule has 6 nitrogen and oxygen atoms in total. The lowest BCUT2D eigenvalue weighted by Gasteiger charge is -2.32. The number of alkyl halides is 3. The van der Waals surface area contributed by atoms with E-state index in [0.29, 0.717) is 42.1 Å². The van der Waals surface area contributed by atoms with Crippen molar-refractivity contribution in [2.75, 3.05) is 7.11 Å². The molecule has 0 unspecified atom stereocenters. The fraction of sp³-hybridized carbons (Fsp3) is 0.333. The number of allylic oxidation sites excluding steroid dienone is 3. The van der Waals surface area contributed by atoms with Gasteiger partial charge in [0.1, 0.15) is 23.9 Å². The zero-order chi connectivity index (χ0) is 23.8. The number of methoxy groups -OCH3 is 1. The van der Waals surface area contributed by atoms with E-state index in [1.54, 1.807) is 19.1 Å². The SMILES string of the molecule is COC(=O)C1=C(C)NC2=C(C(=O)CCC2)[C@H]1c1ccc(COc2cccc(C(F)(F)F)c2)o1. The third-order valence-electron chi connectivity index (χ3n) is 5.69. The van der Waals surface area contributed by atoms with Crippen molar-refractivity contribution in [3.63, 3.8) is 0 Å². The molecule has 1 atom stereocenters. The van der Waals surface area contributed by atoms with Crippen LogP contribution in [0.3, 0.4) is 0 Å². The van der Waals surface area contributed by atoms with Gasteiger partial charge in [-0.05, 0) is 50.1 Å². The number of esters is 1. The van der Waals surface area contributed by atoms with Gasteiger partial charge in [0, 0.05) is 23.4 Å². The molecule has 2 aromatic rings. The second-order valence-corrected chi connectivity index (χ2v) is 7.88. The van der Waals surface area contributed by atoms with E-state index in [-0.39, 0.29) is 23.7 Å². The number of nitrogens with one attached hydrogen (secondary N) is 1. The molecule has 0 radical (unpaired) electrons. The summed E-state index contributed by atoms with van der Waals surface area (Å²) in [6, 6.07) is 7.82. The molecule has 0 bridgehead atoms. The van der Waals surface area contributed by atoms with E-state index in [1.165, 1.54) is 19.2 Å². The number of ketones is 1. The Morgan fingerprint density at radius 1 is 1.21 bits per heavy atom. The quantitative estimate of drug-likeness (QED) is 0.631. The second kappa shape index (κ2) is 8.80. The van der Waals surface area contributed by atoms with Gasteiger partial charge in [0.15, 0.2) is 5.78 Å². The van der Waals surface area contributed by atoms with Crippen LogP contribution in [0.25, 0.3) is 0 Å². The summed E-state index contributed by atoms with van der Waals surface area (Å²) in [5.74, 6) is -0.629. The minimum atomic E-state index is -4.47. The summed E-state index contributed by atoms with van der Waals surface area (Å²) in [7, 11) is 1.27. The lowest BCUT2D eigenvalue weighted by atomic mass is 9.77. The molecule has 0 amide bonds. The molecule has 0 saturated heterocycles. The van der Waals surface area contributed by atoms with Crippen molar-refractivity contribution >= 4 is 11.8 Å². The maximum Gasteiger partial charge on any atom is 0.416 e. The van der Waals surface area contributed by atoms with Crippen LogP contribution in [0.4, 0.5) is 13.2 Å². The van der Waals surface area contributed by atoms with Gasteiger partial charge in [0.2, 0.25) is 0 Å². The minimum Gasteiger partial charge on any atom is -0.486 e. The van der Waals surface area contributed by atoms with Crippen molar-refractivity contribution in [3.05, 3.63) is 76.0 Å². The number of halogens is 3. The number of furan rings is 1. The molecule has 0 saturated carbocycles. The number of dihydropyridines is 1. The monoisotopic (exact) mass is 461 g/mol. The molecule has 2 heterocycles. The maximum atomic E-state index is 12.9. The number of rotatable bonds is 5. The van der Waals surface area contributed by atoms with E-state index >= 15 is 0 Å². The summed E-state index contributed by atoms with van der Waals surface area (Å²) in [5.41, 5.74) is 1.30. The van der Waals surface area contributed by atoms with Crippen molar-refractivity contribution in [2.24, 2.45) is 0 Å². The first kappa shape index (κ1) is 22.7. The predicted molar refractivity (Wildman–Crippen MR) is 111 cm³/mol. The number of ether oxygens (including phenoxy) is 2. The Kier molecular flexibility index (Phi) is 6.05. The minimum absolute atomic E-state index is 0.0445. The zero-order valence-corrected chi connectivity index (χ0v) is 18.0. The van der Waals surface area contributed by atoms with Crippen LogP contribution in [-0.2, 0) is 27.1 Å². The predicted octanol–water partition coefficient (Wildman–Crippen LogP) is 5.02. The normalized spacial score (nSPS) is 18.7. The summed E-state index contributed by atoms with van der Waals surface area (Å²) in [5, 5.41) is 3.16. The van der Waals surface area contributed by atoms with Crippen LogP contribution in [-0.4, -0.2) is 18.9 Å². The Hall–Kier alpha value is -3.49.